The van der Waals surface area contributed by atoms with E-state index in [9.17, 15) is 0 Å². The minimum atomic E-state index is 0.0137. The Morgan fingerprint density at radius 1 is 1.13 bits per heavy atom. The van der Waals surface area contributed by atoms with E-state index in [4.69, 9.17) is 16.3 Å². The highest BCUT2D eigenvalue weighted by Crippen LogP contribution is 2.28. The standard InChI is InChI=1S/C20H22ClNO/c1-4-19(22-5-2)17-11-7-9-13-20(17)23-15(3)14-16-10-6-8-12-18(16)21/h4-13,15H,14H2,1-3H3. The van der Waals surface area contributed by atoms with Crippen molar-refractivity contribution in [3.05, 3.63) is 70.8 Å². The van der Waals surface area contributed by atoms with Gasteiger partial charge in [-0.25, -0.2) is 0 Å². The van der Waals surface area contributed by atoms with Gasteiger partial charge in [-0.3, -0.25) is 4.99 Å². The molecule has 1 unspecified atom stereocenters. The van der Waals surface area contributed by atoms with Crippen molar-refractivity contribution in [2.24, 2.45) is 4.99 Å². The van der Waals surface area contributed by atoms with Crippen LogP contribution in [0.15, 0.2) is 59.6 Å². The third kappa shape index (κ3) is 4.70. The largest absolute Gasteiger partial charge is 0.490 e. The molecule has 2 nitrogen and oxygen atoms in total. The molecule has 2 rings (SSSR count). The van der Waals surface area contributed by atoms with Gasteiger partial charge in [0.2, 0.25) is 0 Å². The van der Waals surface area contributed by atoms with Crippen LogP contribution >= 0.6 is 11.6 Å². The molecule has 0 saturated heterocycles. The van der Waals surface area contributed by atoms with Crippen molar-refractivity contribution in [3.8, 4) is 5.75 Å². The zero-order valence-electron chi connectivity index (χ0n) is 13.8. The Morgan fingerprint density at radius 2 is 1.83 bits per heavy atom. The average molecular weight is 328 g/mol. The van der Waals surface area contributed by atoms with E-state index < -0.39 is 0 Å². The summed E-state index contributed by atoms with van der Waals surface area (Å²) in [6, 6.07) is 15.9. The number of nitrogens with zero attached hydrogens (tertiary/aromatic N) is 1. The predicted octanol–water partition coefficient (Wildman–Crippen LogP) is 5.80. The average Bonchev–Trinajstić information content (AvgIpc) is 2.55. The summed E-state index contributed by atoms with van der Waals surface area (Å²) in [5.74, 6) is 0.839. The van der Waals surface area contributed by atoms with Crippen molar-refractivity contribution in [1.29, 1.82) is 0 Å². The lowest BCUT2D eigenvalue weighted by Crippen LogP contribution is -2.16. The number of benzene rings is 2. The van der Waals surface area contributed by atoms with E-state index in [0.29, 0.717) is 0 Å². The van der Waals surface area contributed by atoms with Crippen LogP contribution < -0.4 is 4.74 Å². The SMILES string of the molecule is CC=NC(=CC)c1ccccc1OC(C)Cc1ccccc1Cl. The minimum absolute atomic E-state index is 0.0137. The summed E-state index contributed by atoms with van der Waals surface area (Å²) in [7, 11) is 0. The van der Waals surface area contributed by atoms with Gasteiger partial charge < -0.3 is 4.74 Å². The Labute approximate surface area is 143 Å². The van der Waals surface area contributed by atoms with E-state index >= 15 is 0 Å². The zero-order chi connectivity index (χ0) is 16.7. The maximum absolute atomic E-state index is 6.23. The molecule has 0 bridgehead atoms. The lowest BCUT2D eigenvalue weighted by atomic mass is 10.1. The molecule has 0 amide bonds. The van der Waals surface area contributed by atoms with Crippen LogP contribution in [-0.2, 0) is 6.42 Å². The Bertz CT molecular complexity index is 706. The highest BCUT2D eigenvalue weighted by molar-refractivity contribution is 6.31. The fraction of sp³-hybridized carbons (Fsp3) is 0.250. The summed E-state index contributed by atoms with van der Waals surface area (Å²) in [4.78, 5) is 4.41. The first kappa shape index (κ1) is 17.3. The van der Waals surface area contributed by atoms with Crippen LogP contribution in [0.3, 0.4) is 0 Å². The molecule has 120 valence electrons. The van der Waals surface area contributed by atoms with E-state index in [1.54, 1.807) is 6.21 Å². The van der Waals surface area contributed by atoms with Crippen molar-refractivity contribution in [1.82, 2.24) is 0 Å². The molecule has 0 heterocycles. The van der Waals surface area contributed by atoms with Gasteiger partial charge in [0.1, 0.15) is 11.9 Å². The summed E-state index contributed by atoms with van der Waals surface area (Å²) in [5, 5.41) is 0.779. The van der Waals surface area contributed by atoms with Crippen LogP contribution in [0.2, 0.25) is 5.02 Å². The van der Waals surface area contributed by atoms with Gasteiger partial charge in [-0.1, -0.05) is 48.0 Å². The fourth-order valence-electron chi connectivity index (χ4n) is 2.45. The van der Waals surface area contributed by atoms with Gasteiger partial charge in [0, 0.05) is 23.2 Å². The lowest BCUT2D eigenvalue weighted by molar-refractivity contribution is 0.221. The van der Waals surface area contributed by atoms with Gasteiger partial charge in [0.05, 0.1) is 5.70 Å². The first-order valence-corrected chi connectivity index (χ1v) is 8.18. The third-order valence-electron chi connectivity index (χ3n) is 3.50. The van der Waals surface area contributed by atoms with Crippen molar-refractivity contribution in [2.45, 2.75) is 33.3 Å². The molecule has 3 heteroatoms. The fourth-order valence-corrected chi connectivity index (χ4v) is 2.66. The molecule has 0 saturated carbocycles. The van der Waals surface area contributed by atoms with Crippen molar-refractivity contribution in [3.63, 3.8) is 0 Å². The van der Waals surface area contributed by atoms with Gasteiger partial charge in [-0.2, -0.15) is 0 Å². The summed E-state index contributed by atoms with van der Waals surface area (Å²) in [5.41, 5.74) is 3.00. The number of ether oxygens (including phenoxy) is 1. The molecule has 0 spiro atoms. The van der Waals surface area contributed by atoms with Gasteiger partial charge in [-0.05, 0) is 44.5 Å². The quantitative estimate of drug-likeness (QED) is 0.614. The number of halogens is 1. The molecular formula is C20H22ClNO. The van der Waals surface area contributed by atoms with Crippen LogP contribution in [0, 0.1) is 0 Å². The number of para-hydroxylation sites is 1. The molecule has 0 aliphatic carbocycles. The van der Waals surface area contributed by atoms with Crippen molar-refractivity contribution in [2.75, 3.05) is 0 Å². The second-order valence-electron chi connectivity index (χ2n) is 5.28. The summed E-state index contributed by atoms with van der Waals surface area (Å²) in [6.07, 6.45) is 4.55. The second-order valence-corrected chi connectivity index (χ2v) is 5.69. The highest BCUT2D eigenvalue weighted by atomic mass is 35.5. The monoisotopic (exact) mass is 327 g/mol. The second kappa shape index (κ2) is 8.54. The van der Waals surface area contributed by atoms with Crippen LogP contribution in [0.1, 0.15) is 31.9 Å². The Kier molecular flexibility index (Phi) is 6.42. The molecule has 2 aromatic carbocycles. The van der Waals surface area contributed by atoms with Crippen LogP contribution in [-0.4, -0.2) is 12.3 Å². The number of allylic oxidation sites excluding steroid dienone is 1. The molecule has 23 heavy (non-hydrogen) atoms. The highest BCUT2D eigenvalue weighted by Gasteiger charge is 2.12. The Morgan fingerprint density at radius 3 is 2.52 bits per heavy atom. The molecule has 0 aliphatic rings. The number of hydrogen-bond donors (Lipinski definition) is 0. The van der Waals surface area contributed by atoms with E-state index in [-0.39, 0.29) is 6.10 Å². The van der Waals surface area contributed by atoms with Crippen molar-refractivity contribution < 1.29 is 4.74 Å². The summed E-state index contributed by atoms with van der Waals surface area (Å²) >= 11 is 6.23. The first-order chi connectivity index (χ1) is 11.2. The zero-order valence-corrected chi connectivity index (χ0v) is 14.5. The normalized spacial score (nSPS) is 13.3. The number of aliphatic imine (C=N–C) groups is 1. The summed E-state index contributed by atoms with van der Waals surface area (Å²) in [6.45, 7) is 5.94. The molecule has 1 atom stereocenters. The summed E-state index contributed by atoms with van der Waals surface area (Å²) < 4.78 is 6.16. The van der Waals surface area contributed by atoms with E-state index in [1.165, 1.54) is 0 Å². The van der Waals surface area contributed by atoms with Crippen LogP contribution in [0.4, 0.5) is 0 Å². The maximum Gasteiger partial charge on any atom is 0.129 e. The van der Waals surface area contributed by atoms with E-state index in [1.807, 2.05) is 68.5 Å². The van der Waals surface area contributed by atoms with E-state index in [2.05, 4.69) is 11.9 Å². The predicted molar refractivity (Wildman–Crippen MR) is 99.5 cm³/mol. The molecule has 0 aromatic heterocycles. The molecular weight excluding hydrogens is 306 g/mol. The third-order valence-corrected chi connectivity index (χ3v) is 3.87. The van der Waals surface area contributed by atoms with Gasteiger partial charge in [0.15, 0.2) is 0 Å². The van der Waals surface area contributed by atoms with Gasteiger partial charge in [-0.15, -0.1) is 0 Å². The smallest absolute Gasteiger partial charge is 0.129 e. The molecule has 0 fully saturated rings. The lowest BCUT2D eigenvalue weighted by Gasteiger charge is -2.18. The van der Waals surface area contributed by atoms with Crippen molar-refractivity contribution >= 4 is 23.5 Å². The topological polar surface area (TPSA) is 21.6 Å². The van der Waals surface area contributed by atoms with Crippen LogP contribution in [0.5, 0.6) is 5.75 Å². The Hall–Kier alpha value is -2.06. The van der Waals surface area contributed by atoms with Gasteiger partial charge >= 0.3 is 0 Å². The molecule has 0 aliphatic heterocycles. The number of hydrogen-bond acceptors (Lipinski definition) is 2. The Balaban J connectivity index is 2.18. The first-order valence-electron chi connectivity index (χ1n) is 7.80. The number of rotatable bonds is 6. The molecule has 0 N–H and O–H groups in total. The van der Waals surface area contributed by atoms with E-state index in [0.717, 1.165) is 34.0 Å². The molecule has 2 aromatic rings. The minimum Gasteiger partial charge on any atom is -0.490 e. The van der Waals surface area contributed by atoms with Gasteiger partial charge in [0.25, 0.3) is 0 Å². The van der Waals surface area contributed by atoms with Crippen LogP contribution in [0.25, 0.3) is 5.70 Å². The maximum atomic E-state index is 6.23. The molecule has 0 radical (unpaired) electrons.